The van der Waals surface area contributed by atoms with Crippen LogP contribution in [0.15, 0.2) is 12.3 Å². The van der Waals surface area contributed by atoms with Crippen molar-refractivity contribution in [3.05, 3.63) is 18.0 Å². The molecule has 0 aliphatic carbocycles. The predicted molar refractivity (Wildman–Crippen MR) is 69.7 cm³/mol. The zero-order valence-corrected chi connectivity index (χ0v) is 11.4. The number of hydrogen-bond donors (Lipinski definition) is 2. The van der Waals surface area contributed by atoms with Gasteiger partial charge in [-0.25, -0.2) is 13.1 Å². The molecule has 1 aromatic heterocycles. The van der Waals surface area contributed by atoms with Crippen molar-refractivity contribution >= 4 is 10.0 Å². The summed E-state index contributed by atoms with van der Waals surface area (Å²) in [5.74, 6) is 0.176. The van der Waals surface area contributed by atoms with Crippen molar-refractivity contribution in [3.8, 4) is 0 Å². The van der Waals surface area contributed by atoms with Gasteiger partial charge in [0.1, 0.15) is 0 Å². The van der Waals surface area contributed by atoms with Crippen LogP contribution in [-0.4, -0.2) is 43.1 Å². The lowest BCUT2D eigenvalue weighted by Gasteiger charge is -2.11. The highest BCUT2D eigenvalue weighted by atomic mass is 32.2. The Morgan fingerprint density at radius 1 is 1.61 bits per heavy atom. The van der Waals surface area contributed by atoms with Gasteiger partial charge in [0.2, 0.25) is 10.0 Å². The molecule has 0 spiro atoms. The van der Waals surface area contributed by atoms with Crippen LogP contribution in [0, 0.1) is 0 Å². The van der Waals surface area contributed by atoms with Crippen molar-refractivity contribution < 1.29 is 8.42 Å². The molecule has 1 fully saturated rings. The number of nitrogens with one attached hydrogen (secondary N) is 2. The highest BCUT2D eigenvalue weighted by molar-refractivity contribution is 7.89. The summed E-state index contributed by atoms with van der Waals surface area (Å²) in [6.45, 7) is 1.33. The Bertz CT molecular complexity index is 477. The van der Waals surface area contributed by atoms with Gasteiger partial charge in [-0.1, -0.05) is 0 Å². The number of aromatic nitrogens is 2. The second kappa shape index (κ2) is 5.81. The molecule has 7 heteroatoms. The second-order valence-corrected chi connectivity index (χ2v) is 6.55. The van der Waals surface area contributed by atoms with Crippen molar-refractivity contribution in [3.63, 3.8) is 0 Å². The first-order valence-corrected chi connectivity index (χ1v) is 7.90. The fourth-order valence-corrected chi connectivity index (χ4v) is 3.50. The highest BCUT2D eigenvalue weighted by Gasteiger charge is 2.21. The van der Waals surface area contributed by atoms with Crippen molar-refractivity contribution in [2.24, 2.45) is 7.05 Å². The average molecular weight is 272 g/mol. The molecule has 18 heavy (non-hydrogen) atoms. The second-order valence-electron chi connectivity index (χ2n) is 4.70. The first kappa shape index (κ1) is 13.5. The maximum absolute atomic E-state index is 11.8. The Hall–Kier alpha value is -0.920. The Morgan fingerprint density at radius 3 is 3.06 bits per heavy atom. The average Bonchev–Trinajstić information content (AvgIpc) is 2.89. The monoisotopic (exact) mass is 272 g/mol. The van der Waals surface area contributed by atoms with Crippen LogP contribution in [0.3, 0.4) is 0 Å². The maximum Gasteiger partial charge on any atom is 0.213 e. The lowest BCUT2D eigenvalue weighted by molar-refractivity contribution is 0.563. The molecule has 6 nitrogen and oxygen atoms in total. The molecule has 0 aromatic carbocycles. The van der Waals surface area contributed by atoms with Gasteiger partial charge in [0.25, 0.3) is 0 Å². The van der Waals surface area contributed by atoms with Crippen molar-refractivity contribution in [2.45, 2.75) is 25.3 Å². The largest absolute Gasteiger partial charge is 0.313 e. The lowest BCUT2D eigenvalue weighted by Crippen LogP contribution is -2.37. The molecule has 2 heterocycles. The Balaban J connectivity index is 1.74. The van der Waals surface area contributed by atoms with Gasteiger partial charge in [-0.2, -0.15) is 5.10 Å². The summed E-state index contributed by atoms with van der Waals surface area (Å²) >= 11 is 0. The van der Waals surface area contributed by atoms with E-state index in [9.17, 15) is 8.42 Å². The van der Waals surface area contributed by atoms with E-state index >= 15 is 0 Å². The SMILES string of the molecule is Cn1ccc(CCNS(=O)(=O)CC2CCCN2)n1. The van der Waals surface area contributed by atoms with Crippen LogP contribution in [0.1, 0.15) is 18.5 Å². The molecule has 1 aliphatic heterocycles. The zero-order valence-electron chi connectivity index (χ0n) is 10.6. The molecule has 2 N–H and O–H groups in total. The number of hydrogen-bond acceptors (Lipinski definition) is 4. The molecule has 1 unspecified atom stereocenters. The summed E-state index contributed by atoms with van der Waals surface area (Å²) < 4.78 is 28.0. The summed E-state index contributed by atoms with van der Waals surface area (Å²) in [5.41, 5.74) is 0.902. The molecule has 0 amide bonds. The van der Waals surface area contributed by atoms with Crippen molar-refractivity contribution in [1.29, 1.82) is 0 Å². The highest BCUT2D eigenvalue weighted by Crippen LogP contribution is 2.06. The van der Waals surface area contributed by atoms with Gasteiger partial charge in [0.05, 0.1) is 11.4 Å². The van der Waals surface area contributed by atoms with Crippen LogP contribution in [-0.2, 0) is 23.5 Å². The van der Waals surface area contributed by atoms with E-state index in [1.54, 1.807) is 4.68 Å². The van der Waals surface area contributed by atoms with Crippen molar-refractivity contribution in [2.75, 3.05) is 18.8 Å². The summed E-state index contributed by atoms with van der Waals surface area (Å²) in [4.78, 5) is 0. The first-order chi connectivity index (χ1) is 8.55. The van der Waals surface area contributed by atoms with E-state index in [1.165, 1.54) is 0 Å². The Labute approximate surface area is 108 Å². The third kappa shape index (κ3) is 4.08. The van der Waals surface area contributed by atoms with E-state index < -0.39 is 10.0 Å². The maximum atomic E-state index is 11.8. The molecular formula is C11H20N4O2S. The molecule has 1 aromatic rings. The molecule has 0 saturated carbocycles. The molecular weight excluding hydrogens is 252 g/mol. The van der Waals surface area contributed by atoms with Gasteiger partial charge in [0.15, 0.2) is 0 Å². The Morgan fingerprint density at radius 2 is 2.44 bits per heavy atom. The van der Waals surface area contributed by atoms with Crippen LogP contribution in [0.5, 0.6) is 0 Å². The van der Waals surface area contributed by atoms with Gasteiger partial charge in [-0.05, 0) is 25.5 Å². The van der Waals surface area contributed by atoms with E-state index in [1.807, 2.05) is 19.3 Å². The van der Waals surface area contributed by atoms with E-state index in [2.05, 4.69) is 15.1 Å². The number of nitrogens with zero attached hydrogens (tertiary/aromatic N) is 2. The summed E-state index contributed by atoms with van der Waals surface area (Å²) in [7, 11) is -1.33. The summed E-state index contributed by atoms with van der Waals surface area (Å²) in [5, 5.41) is 7.39. The summed E-state index contributed by atoms with van der Waals surface area (Å²) in [6.07, 6.45) is 4.49. The quantitative estimate of drug-likeness (QED) is 0.741. The van der Waals surface area contributed by atoms with Crippen LogP contribution in [0.25, 0.3) is 0 Å². The molecule has 0 radical (unpaired) electrons. The number of aryl methyl sites for hydroxylation is 1. The summed E-state index contributed by atoms with van der Waals surface area (Å²) in [6, 6.07) is 2.00. The van der Waals surface area contributed by atoms with Crippen molar-refractivity contribution in [1.82, 2.24) is 19.8 Å². The number of rotatable bonds is 6. The van der Waals surface area contributed by atoms with Gasteiger partial charge in [-0.3, -0.25) is 4.68 Å². The van der Waals surface area contributed by atoms with Crippen LogP contribution >= 0.6 is 0 Å². The smallest absolute Gasteiger partial charge is 0.213 e. The fourth-order valence-electron chi connectivity index (χ4n) is 2.15. The minimum atomic E-state index is -3.18. The van der Waals surface area contributed by atoms with Crippen LogP contribution in [0.4, 0.5) is 0 Å². The fraction of sp³-hybridized carbons (Fsp3) is 0.727. The standard InChI is InChI=1S/C11H20N4O2S/c1-15-8-5-10(14-15)4-7-13-18(16,17)9-11-3-2-6-12-11/h5,8,11-13H,2-4,6-7,9H2,1H3. The third-order valence-electron chi connectivity index (χ3n) is 3.05. The third-order valence-corrected chi connectivity index (χ3v) is 4.54. The van der Waals surface area contributed by atoms with E-state index in [0.29, 0.717) is 13.0 Å². The molecule has 102 valence electrons. The molecule has 0 bridgehead atoms. The van der Waals surface area contributed by atoms with Crippen LogP contribution in [0.2, 0.25) is 0 Å². The predicted octanol–water partition coefficient (Wildman–Crippen LogP) is -0.366. The van der Waals surface area contributed by atoms with Gasteiger partial charge in [-0.15, -0.1) is 0 Å². The molecule has 2 rings (SSSR count). The lowest BCUT2D eigenvalue weighted by atomic mass is 10.3. The van der Waals surface area contributed by atoms with Gasteiger partial charge < -0.3 is 5.32 Å². The van der Waals surface area contributed by atoms with Gasteiger partial charge in [0, 0.05) is 32.3 Å². The molecule has 1 saturated heterocycles. The van der Waals surface area contributed by atoms with E-state index in [-0.39, 0.29) is 11.8 Å². The van der Waals surface area contributed by atoms with Crippen LogP contribution < -0.4 is 10.0 Å². The normalized spacial score (nSPS) is 20.4. The topological polar surface area (TPSA) is 76.0 Å². The van der Waals surface area contributed by atoms with E-state index in [4.69, 9.17) is 0 Å². The Kier molecular flexibility index (Phi) is 4.36. The minimum Gasteiger partial charge on any atom is -0.313 e. The van der Waals surface area contributed by atoms with E-state index in [0.717, 1.165) is 25.1 Å². The number of sulfonamides is 1. The first-order valence-electron chi connectivity index (χ1n) is 6.24. The molecule has 1 atom stereocenters. The van der Waals surface area contributed by atoms with Gasteiger partial charge >= 0.3 is 0 Å². The zero-order chi connectivity index (χ0) is 13.0. The minimum absolute atomic E-state index is 0.109. The molecule has 1 aliphatic rings.